The summed E-state index contributed by atoms with van der Waals surface area (Å²) in [5.41, 5.74) is 0.441. The molecule has 0 heterocycles. The van der Waals surface area contributed by atoms with Gasteiger partial charge in [-0.25, -0.2) is 4.79 Å². The van der Waals surface area contributed by atoms with Crippen LogP contribution >= 0.6 is 0 Å². The highest BCUT2D eigenvalue weighted by Crippen LogP contribution is 1.99. The van der Waals surface area contributed by atoms with Gasteiger partial charge in [0.25, 0.3) is 0 Å². The Bertz CT molecular complexity index is 389. The molecule has 0 aromatic heterocycles. The molecule has 132 valence electrons. The van der Waals surface area contributed by atoms with Crippen molar-refractivity contribution in [3.8, 4) is 0 Å². The molecule has 0 saturated carbocycles. The summed E-state index contributed by atoms with van der Waals surface area (Å²) in [7, 11) is 1.80. The molecule has 1 N–H and O–H groups in total. The van der Waals surface area contributed by atoms with E-state index in [2.05, 4.69) is 21.4 Å². The number of esters is 3. The van der Waals surface area contributed by atoms with E-state index < -0.39 is 17.9 Å². The van der Waals surface area contributed by atoms with Gasteiger partial charge in [-0.15, -0.1) is 0 Å². The Morgan fingerprint density at radius 2 is 1.57 bits per heavy atom. The summed E-state index contributed by atoms with van der Waals surface area (Å²) in [4.78, 5) is 42.9. The summed E-state index contributed by atoms with van der Waals surface area (Å²) >= 11 is 0. The molecule has 8 nitrogen and oxygen atoms in total. The smallest absolute Gasteiger partial charge is 0.333 e. The van der Waals surface area contributed by atoms with E-state index in [1.807, 2.05) is 0 Å². The van der Waals surface area contributed by atoms with Crippen molar-refractivity contribution in [3.63, 3.8) is 0 Å². The maximum atomic E-state index is 10.9. The normalized spacial score (nSPS) is 9.26. The van der Waals surface area contributed by atoms with E-state index in [-0.39, 0.29) is 25.5 Å². The van der Waals surface area contributed by atoms with Gasteiger partial charge in [0.15, 0.2) is 0 Å². The topological polar surface area (TPSA) is 108 Å². The molecule has 0 aromatic rings. The van der Waals surface area contributed by atoms with Gasteiger partial charge >= 0.3 is 17.9 Å². The number of likely N-dealkylation sites (N-methyl/N-ethyl adjacent to an activating group) is 1. The van der Waals surface area contributed by atoms with Crippen LogP contribution in [0.5, 0.6) is 0 Å². The van der Waals surface area contributed by atoms with E-state index in [0.29, 0.717) is 18.7 Å². The highest BCUT2D eigenvalue weighted by molar-refractivity contribution is 6.07. The second kappa shape index (κ2) is 14.7. The molecule has 0 aliphatic rings. The number of hydrogen-bond acceptors (Lipinski definition) is 8. The summed E-state index contributed by atoms with van der Waals surface area (Å²) in [5.74, 6) is -3.50. The predicted molar refractivity (Wildman–Crippen MR) is 82.5 cm³/mol. The van der Waals surface area contributed by atoms with E-state index in [4.69, 9.17) is 4.74 Å². The molecule has 0 fully saturated rings. The standard InChI is InChI=1S/C8H12O5.C7H13NO2/c1-3-12-7(10)6(5-9)8(11)13-4-2;1-6(2)7(9)10-5-4-8-3/h5-6H,3-4H2,1-2H3;8H,1,4-5H2,2-3H3. The average Bonchev–Trinajstić information content (AvgIpc) is 2.49. The molecule has 0 atom stereocenters. The molecule has 0 unspecified atom stereocenters. The van der Waals surface area contributed by atoms with E-state index in [9.17, 15) is 19.2 Å². The van der Waals surface area contributed by atoms with Crippen LogP contribution in [0, 0.1) is 5.92 Å². The number of carbonyl (C=O) groups excluding carboxylic acids is 4. The summed E-state index contributed by atoms with van der Waals surface area (Å²) in [6.07, 6.45) is 0.218. The van der Waals surface area contributed by atoms with Gasteiger partial charge in [0, 0.05) is 12.1 Å². The molecule has 0 bridgehead atoms. The Labute approximate surface area is 136 Å². The van der Waals surface area contributed by atoms with Crippen LogP contribution in [0.15, 0.2) is 12.2 Å². The van der Waals surface area contributed by atoms with Crippen molar-refractivity contribution in [2.75, 3.05) is 33.4 Å². The minimum Gasteiger partial charge on any atom is -0.465 e. The average molecular weight is 331 g/mol. The maximum Gasteiger partial charge on any atom is 0.333 e. The van der Waals surface area contributed by atoms with Crippen molar-refractivity contribution in [1.29, 1.82) is 0 Å². The van der Waals surface area contributed by atoms with E-state index in [1.54, 1.807) is 27.8 Å². The van der Waals surface area contributed by atoms with Gasteiger partial charge < -0.3 is 24.3 Å². The zero-order valence-corrected chi connectivity index (χ0v) is 14.0. The molecule has 0 aliphatic carbocycles. The highest BCUT2D eigenvalue weighted by atomic mass is 16.6. The Morgan fingerprint density at radius 1 is 1.09 bits per heavy atom. The number of ether oxygens (including phenoxy) is 3. The van der Waals surface area contributed by atoms with Crippen molar-refractivity contribution >= 4 is 24.2 Å². The minimum atomic E-state index is -1.44. The Balaban J connectivity index is 0. The fourth-order valence-electron chi connectivity index (χ4n) is 1.04. The fourth-order valence-corrected chi connectivity index (χ4v) is 1.04. The lowest BCUT2D eigenvalue weighted by Gasteiger charge is -2.07. The third-order valence-electron chi connectivity index (χ3n) is 2.15. The van der Waals surface area contributed by atoms with Crippen LogP contribution in [0.3, 0.4) is 0 Å². The number of hydrogen-bond donors (Lipinski definition) is 1. The third-order valence-corrected chi connectivity index (χ3v) is 2.15. The molecule has 0 aromatic carbocycles. The summed E-state index contributed by atoms with van der Waals surface area (Å²) < 4.78 is 13.7. The zero-order chi connectivity index (χ0) is 18.3. The lowest BCUT2D eigenvalue weighted by molar-refractivity contribution is -0.161. The van der Waals surface area contributed by atoms with Gasteiger partial charge in [0.05, 0.1) is 13.2 Å². The van der Waals surface area contributed by atoms with Crippen molar-refractivity contribution in [1.82, 2.24) is 5.32 Å². The lowest BCUT2D eigenvalue weighted by Crippen LogP contribution is -2.29. The van der Waals surface area contributed by atoms with Gasteiger partial charge in [-0.05, 0) is 27.8 Å². The lowest BCUT2D eigenvalue weighted by atomic mass is 10.2. The van der Waals surface area contributed by atoms with Crippen LogP contribution in [0.1, 0.15) is 20.8 Å². The van der Waals surface area contributed by atoms with Crippen molar-refractivity contribution in [2.45, 2.75) is 20.8 Å². The minimum absolute atomic E-state index is 0.128. The number of carbonyl (C=O) groups is 4. The largest absolute Gasteiger partial charge is 0.465 e. The number of nitrogens with one attached hydrogen (secondary N) is 1. The molecular weight excluding hydrogens is 306 g/mol. The Hall–Kier alpha value is -2.22. The highest BCUT2D eigenvalue weighted by Gasteiger charge is 2.28. The second-order valence-corrected chi connectivity index (χ2v) is 4.14. The van der Waals surface area contributed by atoms with Crippen LogP contribution < -0.4 is 5.32 Å². The van der Waals surface area contributed by atoms with Crippen molar-refractivity contribution in [2.24, 2.45) is 5.92 Å². The van der Waals surface area contributed by atoms with Gasteiger partial charge in [0.2, 0.25) is 5.92 Å². The summed E-state index contributed by atoms with van der Waals surface area (Å²) in [6, 6.07) is 0. The van der Waals surface area contributed by atoms with E-state index >= 15 is 0 Å². The SMILES string of the molecule is C=C(C)C(=O)OCCNC.CCOC(=O)C(C=O)C(=O)OCC. The number of rotatable bonds is 9. The van der Waals surface area contributed by atoms with Gasteiger partial charge in [0.1, 0.15) is 12.9 Å². The molecular formula is C15H25NO7. The van der Waals surface area contributed by atoms with Gasteiger partial charge in [-0.3, -0.25) is 9.59 Å². The number of aldehydes is 1. The molecule has 0 rings (SSSR count). The Morgan fingerprint density at radius 3 is 1.87 bits per heavy atom. The first-order valence-electron chi connectivity index (χ1n) is 7.11. The molecule has 0 saturated heterocycles. The maximum absolute atomic E-state index is 10.9. The van der Waals surface area contributed by atoms with E-state index in [0.717, 1.165) is 0 Å². The molecule has 23 heavy (non-hydrogen) atoms. The van der Waals surface area contributed by atoms with Crippen LogP contribution in [0.4, 0.5) is 0 Å². The molecule has 0 amide bonds. The first-order chi connectivity index (χ1) is 10.8. The van der Waals surface area contributed by atoms with Gasteiger partial charge in [-0.1, -0.05) is 6.58 Å². The first kappa shape index (κ1) is 23.1. The monoisotopic (exact) mass is 331 g/mol. The van der Waals surface area contributed by atoms with Crippen LogP contribution in [-0.2, 0) is 33.4 Å². The zero-order valence-electron chi connectivity index (χ0n) is 14.0. The third kappa shape index (κ3) is 12.0. The van der Waals surface area contributed by atoms with Crippen LogP contribution in [-0.4, -0.2) is 57.6 Å². The van der Waals surface area contributed by atoms with Crippen molar-refractivity contribution < 1.29 is 33.4 Å². The second-order valence-electron chi connectivity index (χ2n) is 4.14. The van der Waals surface area contributed by atoms with Crippen LogP contribution in [0.25, 0.3) is 0 Å². The summed E-state index contributed by atoms with van der Waals surface area (Å²) in [5, 5.41) is 2.86. The summed E-state index contributed by atoms with van der Waals surface area (Å²) in [6.45, 7) is 9.58. The fraction of sp³-hybridized carbons (Fsp3) is 0.600. The molecule has 0 aliphatic heterocycles. The predicted octanol–water partition coefficient (Wildman–Crippen LogP) is 0.253. The molecule has 0 spiro atoms. The molecule has 8 heteroatoms. The quantitative estimate of drug-likeness (QED) is 0.160. The van der Waals surface area contributed by atoms with Gasteiger partial charge in [-0.2, -0.15) is 0 Å². The van der Waals surface area contributed by atoms with Crippen LogP contribution in [0.2, 0.25) is 0 Å². The first-order valence-corrected chi connectivity index (χ1v) is 7.11. The van der Waals surface area contributed by atoms with Crippen molar-refractivity contribution in [3.05, 3.63) is 12.2 Å². The molecule has 0 radical (unpaired) electrons. The van der Waals surface area contributed by atoms with E-state index in [1.165, 1.54) is 0 Å². The Kier molecular flexibility index (Phi) is 14.7.